The number of nitrogens with zero attached hydrogens (tertiary/aromatic N) is 2. The van der Waals surface area contributed by atoms with Crippen LogP contribution in [0, 0.1) is 0 Å². The predicted octanol–water partition coefficient (Wildman–Crippen LogP) is 1.98. The number of oxazole rings is 1. The van der Waals surface area contributed by atoms with Crippen LogP contribution >= 0.6 is 11.8 Å². The Bertz CT molecular complexity index is 542. The number of nitrogen functional groups attached to an aromatic ring is 1. The molecule has 0 unspecified atom stereocenters. The number of carbonyl (C=O) groups is 1. The third-order valence-electron chi connectivity index (χ3n) is 2.04. The Kier molecular flexibility index (Phi) is 3.83. The van der Waals surface area contributed by atoms with E-state index >= 15 is 0 Å². The van der Waals surface area contributed by atoms with Gasteiger partial charge in [0.05, 0.1) is 24.1 Å². The molecule has 2 aromatic heterocycles. The Morgan fingerprint density at radius 1 is 1.50 bits per heavy atom. The standard InChI is InChI=1S/C11H11N3O3S/c1-2-16-10(15)7-3-4-13-9(8(7)12)18-11-14-5-6-17-11/h3-6H,2,12H2,1H3. The Morgan fingerprint density at radius 3 is 3.00 bits per heavy atom. The lowest BCUT2D eigenvalue weighted by atomic mass is 10.2. The van der Waals surface area contributed by atoms with Gasteiger partial charge >= 0.3 is 5.97 Å². The van der Waals surface area contributed by atoms with Gasteiger partial charge in [-0.1, -0.05) is 0 Å². The van der Waals surface area contributed by atoms with Crippen LogP contribution < -0.4 is 5.73 Å². The Morgan fingerprint density at radius 2 is 2.33 bits per heavy atom. The molecule has 7 heteroatoms. The van der Waals surface area contributed by atoms with E-state index in [9.17, 15) is 4.79 Å². The molecular formula is C11H11N3O3S. The van der Waals surface area contributed by atoms with E-state index < -0.39 is 5.97 Å². The van der Waals surface area contributed by atoms with Crippen LogP contribution in [-0.2, 0) is 4.74 Å². The Labute approximate surface area is 108 Å². The molecule has 0 bridgehead atoms. The summed E-state index contributed by atoms with van der Waals surface area (Å²) in [6.07, 6.45) is 4.47. The Hall–Kier alpha value is -2.02. The third-order valence-corrected chi connectivity index (χ3v) is 2.94. The van der Waals surface area contributed by atoms with E-state index in [1.807, 2.05) is 0 Å². The number of ether oxygens (including phenoxy) is 1. The quantitative estimate of drug-likeness (QED) is 0.845. The summed E-state index contributed by atoms with van der Waals surface area (Å²) in [4.78, 5) is 19.7. The van der Waals surface area contributed by atoms with Gasteiger partial charge in [0.25, 0.3) is 5.22 Å². The summed E-state index contributed by atoms with van der Waals surface area (Å²) in [5.41, 5.74) is 6.43. The minimum absolute atomic E-state index is 0.263. The average molecular weight is 265 g/mol. The summed E-state index contributed by atoms with van der Waals surface area (Å²) in [7, 11) is 0. The number of esters is 1. The van der Waals surface area contributed by atoms with Crippen molar-refractivity contribution in [2.45, 2.75) is 17.2 Å². The zero-order chi connectivity index (χ0) is 13.0. The van der Waals surface area contributed by atoms with Crippen LogP contribution in [0.5, 0.6) is 0 Å². The van der Waals surface area contributed by atoms with E-state index in [1.54, 1.807) is 6.92 Å². The van der Waals surface area contributed by atoms with Gasteiger partial charge in [0.1, 0.15) is 11.3 Å². The van der Waals surface area contributed by atoms with Crippen molar-refractivity contribution in [2.75, 3.05) is 12.3 Å². The highest BCUT2D eigenvalue weighted by molar-refractivity contribution is 7.99. The second-order valence-electron chi connectivity index (χ2n) is 3.20. The molecule has 6 nitrogen and oxygen atoms in total. The lowest BCUT2D eigenvalue weighted by Crippen LogP contribution is -2.09. The number of anilines is 1. The van der Waals surface area contributed by atoms with Crippen LogP contribution in [0.1, 0.15) is 17.3 Å². The molecule has 2 heterocycles. The van der Waals surface area contributed by atoms with Gasteiger partial charge < -0.3 is 14.9 Å². The zero-order valence-electron chi connectivity index (χ0n) is 9.62. The maximum absolute atomic E-state index is 11.6. The maximum atomic E-state index is 11.6. The fourth-order valence-corrected chi connectivity index (χ4v) is 1.98. The lowest BCUT2D eigenvalue weighted by Gasteiger charge is -2.07. The Balaban J connectivity index is 2.27. The molecule has 0 aromatic carbocycles. The molecule has 2 N–H and O–H groups in total. The van der Waals surface area contributed by atoms with Crippen molar-refractivity contribution < 1.29 is 13.9 Å². The van der Waals surface area contributed by atoms with Crippen molar-refractivity contribution in [2.24, 2.45) is 0 Å². The molecule has 0 aliphatic heterocycles. The first-order valence-corrected chi connectivity index (χ1v) is 6.03. The van der Waals surface area contributed by atoms with Gasteiger partial charge in [-0.15, -0.1) is 0 Å². The number of rotatable bonds is 4. The molecule has 0 saturated carbocycles. The van der Waals surface area contributed by atoms with E-state index in [-0.39, 0.29) is 5.69 Å². The summed E-state index contributed by atoms with van der Waals surface area (Å²) in [5, 5.41) is 0.873. The maximum Gasteiger partial charge on any atom is 0.340 e. The molecule has 2 aromatic rings. The van der Waals surface area contributed by atoms with Crippen molar-refractivity contribution in [1.29, 1.82) is 0 Å². The van der Waals surface area contributed by atoms with Crippen LogP contribution in [-0.4, -0.2) is 22.5 Å². The molecule has 0 aliphatic carbocycles. The number of pyridine rings is 1. The van der Waals surface area contributed by atoms with E-state index in [0.29, 0.717) is 22.4 Å². The summed E-state index contributed by atoms with van der Waals surface area (Å²) >= 11 is 1.15. The van der Waals surface area contributed by atoms with Gasteiger partial charge in [-0.25, -0.2) is 14.8 Å². The predicted molar refractivity (Wildman–Crippen MR) is 65.2 cm³/mol. The van der Waals surface area contributed by atoms with Crippen LogP contribution in [0.15, 0.2) is 39.4 Å². The molecular weight excluding hydrogens is 254 g/mol. The molecule has 18 heavy (non-hydrogen) atoms. The number of carbonyl (C=O) groups excluding carboxylic acids is 1. The lowest BCUT2D eigenvalue weighted by molar-refractivity contribution is 0.0527. The number of aromatic nitrogens is 2. The van der Waals surface area contributed by atoms with Crippen molar-refractivity contribution >= 4 is 23.4 Å². The zero-order valence-corrected chi connectivity index (χ0v) is 10.4. The SMILES string of the molecule is CCOC(=O)c1ccnc(Sc2ncco2)c1N. The average Bonchev–Trinajstić information content (AvgIpc) is 2.85. The first kappa shape index (κ1) is 12.4. The first-order chi connectivity index (χ1) is 8.72. The molecule has 0 atom stereocenters. The minimum atomic E-state index is -0.466. The fraction of sp³-hybridized carbons (Fsp3) is 0.182. The third kappa shape index (κ3) is 2.62. The van der Waals surface area contributed by atoms with Crippen LogP contribution in [0.4, 0.5) is 5.69 Å². The summed E-state index contributed by atoms with van der Waals surface area (Å²) in [5.74, 6) is -0.466. The van der Waals surface area contributed by atoms with Gasteiger partial charge in [-0.3, -0.25) is 0 Å². The van der Waals surface area contributed by atoms with Gasteiger partial charge in [0.15, 0.2) is 0 Å². The summed E-state index contributed by atoms with van der Waals surface area (Å²) < 4.78 is 9.98. The molecule has 0 aliphatic rings. The molecule has 0 amide bonds. The van der Waals surface area contributed by atoms with E-state index in [0.717, 1.165) is 11.8 Å². The monoisotopic (exact) mass is 265 g/mol. The van der Waals surface area contributed by atoms with Crippen molar-refractivity contribution in [1.82, 2.24) is 9.97 Å². The van der Waals surface area contributed by atoms with Crippen molar-refractivity contribution in [3.05, 3.63) is 30.3 Å². The molecule has 0 spiro atoms. The van der Waals surface area contributed by atoms with Gasteiger partial charge in [-0.2, -0.15) is 0 Å². The smallest absolute Gasteiger partial charge is 0.340 e. The minimum Gasteiger partial charge on any atom is -0.462 e. The van der Waals surface area contributed by atoms with Crippen LogP contribution in [0.25, 0.3) is 0 Å². The van der Waals surface area contributed by atoms with E-state index in [2.05, 4.69) is 9.97 Å². The van der Waals surface area contributed by atoms with Crippen molar-refractivity contribution in [3.8, 4) is 0 Å². The van der Waals surface area contributed by atoms with Crippen molar-refractivity contribution in [3.63, 3.8) is 0 Å². The van der Waals surface area contributed by atoms with Gasteiger partial charge in [-0.05, 0) is 24.8 Å². The van der Waals surface area contributed by atoms with Crippen LogP contribution in [0.3, 0.4) is 0 Å². The first-order valence-electron chi connectivity index (χ1n) is 5.21. The topological polar surface area (TPSA) is 91.2 Å². The van der Waals surface area contributed by atoms with E-state index in [4.69, 9.17) is 14.9 Å². The molecule has 94 valence electrons. The molecule has 0 saturated heterocycles. The summed E-state index contributed by atoms with van der Waals surface area (Å²) in [6.45, 7) is 2.03. The largest absolute Gasteiger partial charge is 0.462 e. The number of hydrogen-bond donors (Lipinski definition) is 1. The van der Waals surface area contributed by atoms with Gasteiger partial charge in [0, 0.05) is 6.20 Å². The highest BCUT2D eigenvalue weighted by Crippen LogP contribution is 2.30. The fourth-order valence-electron chi connectivity index (χ4n) is 1.27. The number of nitrogens with two attached hydrogens (primary N) is 1. The highest BCUT2D eigenvalue weighted by atomic mass is 32.2. The summed E-state index contributed by atoms with van der Waals surface area (Å²) in [6, 6.07) is 1.52. The van der Waals surface area contributed by atoms with Crippen LogP contribution in [0.2, 0.25) is 0 Å². The molecule has 0 radical (unpaired) electrons. The highest BCUT2D eigenvalue weighted by Gasteiger charge is 2.16. The normalized spacial score (nSPS) is 10.3. The molecule has 0 fully saturated rings. The molecule has 2 rings (SSSR count). The second kappa shape index (κ2) is 5.54. The second-order valence-corrected chi connectivity index (χ2v) is 4.14. The number of hydrogen-bond acceptors (Lipinski definition) is 7. The van der Waals surface area contributed by atoms with E-state index in [1.165, 1.54) is 24.7 Å². The van der Waals surface area contributed by atoms with Gasteiger partial charge in [0.2, 0.25) is 0 Å².